The monoisotopic (exact) mass is 323 g/mol. The van der Waals surface area contributed by atoms with Crippen LogP contribution in [0.5, 0.6) is 0 Å². The van der Waals surface area contributed by atoms with Crippen molar-refractivity contribution in [3.8, 4) is 0 Å². The molecule has 0 radical (unpaired) electrons. The van der Waals surface area contributed by atoms with Gasteiger partial charge in [0.05, 0.1) is 0 Å². The van der Waals surface area contributed by atoms with Gasteiger partial charge in [0.2, 0.25) is 5.91 Å². The molecule has 22 heavy (non-hydrogen) atoms. The molecule has 0 saturated carbocycles. The summed E-state index contributed by atoms with van der Waals surface area (Å²) in [5.41, 5.74) is 0. The number of rotatable bonds is 10. The van der Waals surface area contributed by atoms with E-state index in [-0.39, 0.29) is 5.78 Å². The Morgan fingerprint density at radius 2 is 1.50 bits per heavy atom. The van der Waals surface area contributed by atoms with Crippen molar-refractivity contribution in [1.29, 1.82) is 0 Å². The van der Waals surface area contributed by atoms with Gasteiger partial charge in [-0.05, 0) is 26.2 Å². The minimum absolute atomic E-state index is 0.323. The Hall–Kier alpha value is -1.07. The second-order valence-electron chi connectivity index (χ2n) is 5.87. The molecule has 0 N–H and O–H groups in total. The lowest BCUT2D eigenvalue weighted by Crippen LogP contribution is -2.44. The number of carbonyl (C=O) groups is 2. The molecule has 0 heterocycles. The van der Waals surface area contributed by atoms with E-state index in [1.165, 1.54) is 18.7 Å². The molecule has 0 aromatic rings. The normalized spacial score (nSPS) is 14.5. The number of hydrogen-bond acceptors (Lipinski definition) is 2. The minimum Gasteiger partial charge on any atom is -0.342 e. The van der Waals surface area contributed by atoms with Crippen molar-refractivity contribution < 1.29 is 22.8 Å². The smallest absolute Gasteiger partial charge is 0.342 e. The molecule has 0 aliphatic heterocycles. The van der Waals surface area contributed by atoms with Crippen LogP contribution in [0.1, 0.15) is 59.8 Å². The van der Waals surface area contributed by atoms with Crippen LogP contribution in [0, 0.1) is 11.8 Å². The van der Waals surface area contributed by atoms with Crippen molar-refractivity contribution in [2.45, 2.75) is 66.0 Å². The van der Waals surface area contributed by atoms with Gasteiger partial charge in [-0.3, -0.25) is 9.59 Å². The highest BCUT2D eigenvalue weighted by molar-refractivity contribution is 5.82. The van der Waals surface area contributed by atoms with Crippen LogP contribution in [0.2, 0.25) is 0 Å². The highest BCUT2D eigenvalue weighted by atomic mass is 19.4. The third kappa shape index (κ3) is 7.27. The SMILES string of the molecule is CCCCN(CCCC)C(=O)C(CC(C)C(C)=O)C(F)(F)F. The first-order valence-electron chi connectivity index (χ1n) is 8.01. The Labute approximate surface area is 131 Å². The Bertz CT molecular complexity index is 348. The molecule has 0 fully saturated rings. The molecule has 0 aromatic carbocycles. The van der Waals surface area contributed by atoms with Crippen molar-refractivity contribution in [2.24, 2.45) is 11.8 Å². The maximum atomic E-state index is 13.2. The van der Waals surface area contributed by atoms with Gasteiger partial charge in [0.1, 0.15) is 11.7 Å². The summed E-state index contributed by atoms with van der Waals surface area (Å²) in [5, 5.41) is 0. The molecule has 2 unspecified atom stereocenters. The van der Waals surface area contributed by atoms with E-state index in [1.807, 2.05) is 13.8 Å². The fourth-order valence-electron chi connectivity index (χ4n) is 2.14. The number of hydrogen-bond donors (Lipinski definition) is 0. The standard InChI is InChI=1S/C16H28F3NO2/c1-5-7-9-20(10-8-6-2)15(22)14(16(17,18)19)11-12(3)13(4)21/h12,14H,5-11H2,1-4H3. The summed E-state index contributed by atoms with van der Waals surface area (Å²) in [4.78, 5) is 24.9. The lowest BCUT2D eigenvalue weighted by molar-refractivity contribution is -0.192. The third-order valence-corrected chi connectivity index (χ3v) is 3.85. The van der Waals surface area contributed by atoms with E-state index >= 15 is 0 Å². The van der Waals surface area contributed by atoms with Gasteiger partial charge in [0, 0.05) is 19.0 Å². The Morgan fingerprint density at radius 3 is 1.82 bits per heavy atom. The summed E-state index contributed by atoms with van der Waals surface area (Å²) in [5.74, 6) is -4.06. The molecule has 0 aromatic heterocycles. The fraction of sp³-hybridized carbons (Fsp3) is 0.875. The number of nitrogens with zero attached hydrogens (tertiary/aromatic N) is 1. The summed E-state index contributed by atoms with van der Waals surface area (Å²) in [7, 11) is 0. The highest BCUT2D eigenvalue weighted by Gasteiger charge is 2.47. The van der Waals surface area contributed by atoms with Gasteiger partial charge in [-0.15, -0.1) is 0 Å². The number of ketones is 1. The summed E-state index contributed by atoms with van der Waals surface area (Å²) >= 11 is 0. The maximum absolute atomic E-state index is 13.2. The van der Waals surface area contributed by atoms with Gasteiger partial charge in [-0.1, -0.05) is 33.6 Å². The van der Waals surface area contributed by atoms with Gasteiger partial charge in [-0.25, -0.2) is 0 Å². The largest absolute Gasteiger partial charge is 0.400 e. The Morgan fingerprint density at radius 1 is 1.05 bits per heavy atom. The van der Waals surface area contributed by atoms with Gasteiger partial charge < -0.3 is 4.90 Å². The number of unbranched alkanes of at least 4 members (excludes halogenated alkanes) is 2. The summed E-state index contributed by atoms with van der Waals surface area (Å²) in [6, 6.07) is 0. The van der Waals surface area contributed by atoms with Crippen LogP contribution in [-0.2, 0) is 9.59 Å². The molecule has 3 nitrogen and oxygen atoms in total. The molecule has 0 aliphatic carbocycles. The zero-order valence-corrected chi connectivity index (χ0v) is 14.0. The van der Waals surface area contributed by atoms with Crippen LogP contribution in [0.4, 0.5) is 13.2 Å². The second-order valence-corrected chi connectivity index (χ2v) is 5.87. The number of amides is 1. The number of carbonyl (C=O) groups excluding carboxylic acids is 2. The van der Waals surface area contributed by atoms with Crippen LogP contribution in [0.15, 0.2) is 0 Å². The van der Waals surface area contributed by atoms with Crippen molar-refractivity contribution in [3.05, 3.63) is 0 Å². The van der Waals surface area contributed by atoms with E-state index in [4.69, 9.17) is 0 Å². The van der Waals surface area contributed by atoms with E-state index < -0.39 is 30.3 Å². The zero-order valence-electron chi connectivity index (χ0n) is 14.0. The number of alkyl halides is 3. The summed E-state index contributed by atoms with van der Waals surface area (Å²) in [6.07, 6.45) is -2.08. The van der Waals surface area contributed by atoms with Gasteiger partial charge in [0.25, 0.3) is 0 Å². The minimum atomic E-state index is -4.61. The lowest BCUT2D eigenvalue weighted by atomic mass is 9.91. The predicted octanol–water partition coefficient (Wildman–Crippen LogP) is 4.21. The van der Waals surface area contributed by atoms with Gasteiger partial charge in [-0.2, -0.15) is 13.2 Å². The summed E-state index contributed by atoms with van der Waals surface area (Å²) < 4.78 is 39.7. The molecule has 6 heteroatoms. The van der Waals surface area contributed by atoms with Crippen molar-refractivity contribution in [2.75, 3.05) is 13.1 Å². The molecule has 1 amide bonds. The van der Waals surface area contributed by atoms with Crippen LogP contribution in [0.3, 0.4) is 0 Å². The Balaban J connectivity index is 5.13. The zero-order chi connectivity index (χ0) is 17.3. The third-order valence-electron chi connectivity index (χ3n) is 3.85. The van der Waals surface area contributed by atoms with E-state index in [9.17, 15) is 22.8 Å². The van der Waals surface area contributed by atoms with E-state index in [1.54, 1.807) is 0 Å². The molecule has 0 saturated heterocycles. The van der Waals surface area contributed by atoms with Gasteiger partial charge in [0.15, 0.2) is 0 Å². The predicted molar refractivity (Wildman–Crippen MR) is 80.4 cm³/mol. The fourth-order valence-corrected chi connectivity index (χ4v) is 2.14. The second kappa shape index (κ2) is 9.85. The van der Waals surface area contributed by atoms with Crippen LogP contribution in [-0.4, -0.2) is 35.9 Å². The van der Waals surface area contributed by atoms with Crippen LogP contribution >= 0.6 is 0 Å². The van der Waals surface area contributed by atoms with E-state index in [2.05, 4.69) is 0 Å². The molecule has 2 atom stereocenters. The molecule has 130 valence electrons. The molecule has 0 rings (SSSR count). The Kier molecular flexibility index (Phi) is 9.37. The van der Waals surface area contributed by atoms with E-state index in [0.29, 0.717) is 25.9 Å². The number of Topliss-reactive ketones (excluding diaryl/α,β-unsaturated/α-hetero) is 1. The molecular formula is C16H28F3NO2. The van der Waals surface area contributed by atoms with Crippen LogP contribution < -0.4 is 0 Å². The molecule has 0 bridgehead atoms. The highest BCUT2D eigenvalue weighted by Crippen LogP contribution is 2.33. The lowest BCUT2D eigenvalue weighted by Gasteiger charge is -2.29. The first kappa shape index (κ1) is 20.9. The quantitative estimate of drug-likeness (QED) is 0.604. The molecule has 0 aliphatic rings. The van der Waals surface area contributed by atoms with Crippen molar-refractivity contribution >= 4 is 11.7 Å². The van der Waals surface area contributed by atoms with Crippen LogP contribution in [0.25, 0.3) is 0 Å². The van der Waals surface area contributed by atoms with Crippen molar-refractivity contribution in [1.82, 2.24) is 4.90 Å². The average molecular weight is 323 g/mol. The summed E-state index contributed by atoms with van der Waals surface area (Å²) in [6.45, 7) is 7.25. The van der Waals surface area contributed by atoms with Crippen molar-refractivity contribution in [3.63, 3.8) is 0 Å². The maximum Gasteiger partial charge on any atom is 0.400 e. The van der Waals surface area contributed by atoms with E-state index in [0.717, 1.165) is 12.8 Å². The molecule has 0 spiro atoms. The van der Waals surface area contributed by atoms with Gasteiger partial charge >= 0.3 is 6.18 Å². The average Bonchev–Trinajstić information content (AvgIpc) is 2.42. The topological polar surface area (TPSA) is 37.4 Å². The first-order chi connectivity index (χ1) is 10.1. The number of halogens is 3. The molecular weight excluding hydrogens is 295 g/mol. The first-order valence-corrected chi connectivity index (χ1v) is 8.01.